The molecule has 0 radical (unpaired) electrons. The number of amides is 1. The Labute approximate surface area is 145 Å². The van der Waals surface area contributed by atoms with Gasteiger partial charge < -0.3 is 4.90 Å². The summed E-state index contributed by atoms with van der Waals surface area (Å²) in [6.07, 6.45) is 2.05. The second kappa shape index (κ2) is 7.07. The SMILES string of the molecule is CSc1ccc2cc(CN3CCN(C(C)=O)CC3)c(Cl)nc2c1. The number of carbonyl (C=O) groups is 1. The molecule has 0 atom stereocenters. The van der Waals surface area contributed by atoms with Gasteiger partial charge in [-0.2, -0.15) is 0 Å². The summed E-state index contributed by atoms with van der Waals surface area (Å²) in [5, 5.41) is 1.69. The maximum Gasteiger partial charge on any atom is 0.219 e. The predicted molar refractivity (Wildman–Crippen MR) is 96.1 cm³/mol. The molecule has 0 saturated carbocycles. The molecule has 122 valence electrons. The Kier molecular flexibility index (Phi) is 5.09. The molecule has 2 heterocycles. The minimum absolute atomic E-state index is 0.152. The van der Waals surface area contributed by atoms with Crippen molar-refractivity contribution in [2.45, 2.75) is 18.4 Å². The van der Waals surface area contributed by atoms with Gasteiger partial charge in [0, 0.05) is 55.5 Å². The first-order valence-corrected chi connectivity index (χ1v) is 9.28. The molecule has 1 amide bonds. The first kappa shape index (κ1) is 16.6. The van der Waals surface area contributed by atoms with Crippen molar-refractivity contribution in [2.24, 2.45) is 0 Å². The smallest absolute Gasteiger partial charge is 0.219 e. The van der Waals surface area contributed by atoms with E-state index in [-0.39, 0.29) is 5.91 Å². The number of aromatic nitrogens is 1. The number of carbonyl (C=O) groups excluding carboxylic acids is 1. The third-order valence-corrected chi connectivity index (χ3v) is 5.32. The highest BCUT2D eigenvalue weighted by atomic mass is 35.5. The van der Waals surface area contributed by atoms with E-state index in [2.05, 4.69) is 40.4 Å². The largest absolute Gasteiger partial charge is 0.340 e. The van der Waals surface area contributed by atoms with Gasteiger partial charge in [0.05, 0.1) is 5.52 Å². The van der Waals surface area contributed by atoms with E-state index in [0.29, 0.717) is 5.15 Å². The van der Waals surface area contributed by atoms with Crippen molar-refractivity contribution < 1.29 is 4.79 Å². The molecule has 0 unspecified atom stereocenters. The standard InChI is InChI=1S/C17H20ClN3OS/c1-12(22)21-7-5-20(6-8-21)11-14-9-13-3-4-15(23-2)10-16(13)19-17(14)18/h3-4,9-10H,5-8,11H2,1-2H3. The summed E-state index contributed by atoms with van der Waals surface area (Å²) < 4.78 is 0. The summed E-state index contributed by atoms with van der Waals surface area (Å²) in [6.45, 7) is 5.72. The van der Waals surface area contributed by atoms with Crippen molar-refractivity contribution in [1.82, 2.24) is 14.8 Å². The van der Waals surface area contributed by atoms with E-state index in [0.717, 1.165) is 49.2 Å². The lowest BCUT2D eigenvalue weighted by Gasteiger charge is -2.34. The highest BCUT2D eigenvalue weighted by molar-refractivity contribution is 7.98. The van der Waals surface area contributed by atoms with E-state index in [1.54, 1.807) is 18.7 Å². The summed E-state index contributed by atoms with van der Waals surface area (Å²) in [5.41, 5.74) is 1.99. The highest BCUT2D eigenvalue weighted by Gasteiger charge is 2.19. The molecule has 0 N–H and O–H groups in total. The molecule has 2 aromatic rings. The molecule has 4 nitrogen and oxygen atoms in total. The van der Waals surface area contributed by atoms with Gasteiger partial charge in [0.1, 0.15) is 5.15 Å². The Hall–Kier alpha value is -1.30. The number of hydrogen-bond donors (Lipinski definition) is 0. The zero-order valence-electron chi connectivity index (χ0n) is 13.4. The summed E-state index contributed by atoms with van der Waals surface area (Å²) in [4.78, 5) is 21.3. The monoisotopic (exact) mass is 349 g/mol. The normalized spacial score (nSPS) is 16.0. The van der Waals surface area contributed by atoms with Crippen LogP contribution in [0, 0.1) is 0 Å². The average Bonchev–Trinajstić information content (AvgIpc) is 2.55. The number of fused-ring (bicyclic) bond motifs is 1. The van der Waals surface area contributed by atoms with Crippen LogP contribution in [0.15, 0.2) is 29.2 Å². The van der Waals surface area contributed by atoms with Crippen molar-refractivity contribution in [3.05, 3.63) is 35.0 Å². The Morgan fingerprint density at radius 1 is 1.26 bits per heavy atom. The van der Waals surface area contributed by atoms with Gasteiger partial charge in [-0.05, 0) is 24.5 Å². The minimum atomic E-state index is 0.152. The van der Waals surface area contributed by atoms with Crippen LogP contribution in [0.4, 0.5) is 0 Å². The number of piperazine rings is 1. The van der Waals surface area contributed by atoms with Gasteiger partial charge >= 0.3 is 0 Å². The van der Waals surface area contributed by atoms with Crippen LogP contribution < -0.4 is 0 Å². The van der Waals surface area contributed by atoms with Crippen LogP contribution in [0.1, 0.15) is 12.5 Å². The summed E-state index contributed by atoms with van der Waals surface area (Å²) in [5.74, 6) is 0.152. The second-order valence-corrected chi connectivity index (χ2v) is 7.02. The summed E-state index contributed by atoms with van der Waals surface area (Å²) in [6, 6.07) is 8.41. The highest BCUT2D eigenvalue weighted by Crippen LogP contribution is 2.25. The fourth-order valence-electron chi connectivity index (χ4n) is 2.87. The number of thioether (sulfide) groups is 1. The lowest BCUT2D eigenvalue weighted by atomic mass is 10.1. The van der Waals surface area contributed by atoms with Crippen LogP contribution in [0.25, 0.3) is 10.9 Å². The third-order valence-electron chi connectivity index (χ3n) is 4.26. The summed E-state index contributed by atoms with van der Waals surface area (Å²) in [7, 11) is 0. The van der Waals surface area contributed by atoms with Gasteiger partial charge in [-0.25, -0.2) is 4.98 Å². The molecule has 0 bridgehead atoms. The molecule has 0 spiro atoms. The number of halogens is 1. The molecule has 1 fully saturated rings. The molecule has 23 heavy (non-hydrogen) atoms. The minimum Gasteiger partial charge on any atom is -0.340 e. The van der Waals surface area contributed by atoms with Gasteiger partial charge in [-0.15, -0.1) is 11.8 Å². The Morgan fingerprint density at radius 2 is 2.00 bits per heavy atom. The molecule has 0 aliphatic carbocycles. The van der Waals surface area contributed by atoms with Gasteiger partial charge in [-0.1, -0.05) is 17.7 Å². The van der Waals surface area contributed by atoms with Crippen molar-refractivity contribution in [3.63, 3.8) is 0 Å². The lowest BCUT2D eigenvalue weighted by molar-refractivity contribution is -0.130. The van der Waals surface area contributed by atoms with Crippen molar-refractivity contribution in [2.75, 3.05) is 32.4 Å². The third kappa shape index (κ3) is 3.79. The number of pyridine rings is 1. The number of benzene rings is 1. The molecule has 1 aromatic heterocycles. The molecular formula is C17H20ClN3OS. The first-order valence-electron chi connectivity index (χ1n) is 7.68. The molecule has 1 saturated heterocycles. The van der Waals surface area contributed by atoms with Crippen molar-refractivity contribution in [1.29, 1.82) is 0 Å². The quantitative estimate of drug-likeness (QED) is 0.629. The molecular weight excluding hydrogens is 330 g/mol. The molecule has 1 aliphatic heterocycles. The average molecular weight is 350 g/mol. The lowest BCUT2D eigenvalue weighted by Crippen LogP contribution is -2.47. The van der Waals surface area contributed by atoms with Gasteiger partial charge in [-0.3, -0.25) is 9.69 Å². The Bertz CT molecular complexity index is 729. The first-order chi connectivity index (χ1) is 11.1. The van der Waals surface area contributed by atoms with Crippen LogP contribution in [0.2, 0.25) is 5.15 Å². The van der Waals surface area contributed by atoms with Crippen LogP contribution in [0.5, 0.6) is 0 Å². The topological polar surface area (TPSA) is 36.4 Å². The Balaban J connectivity index is 1.75. The van der Waals surface area contributed by atoms with Gasteiger partial charge in [0.25, 0.3) is 0 Å². The Morgan fingerprint density at radius 3 is 2.65 bits per heavy atom. The van der Waals surface area contributed by atoms with E-state index in [9.17, 15) is 4.79 Å². The van der Waals surface area contributed by atoms with Crippen molar-refractivity contribution in [3.8, 4) is 0 Å². The van der Waals surface area contributed by atoms with E-state index in [1.807, 2.05) is 4.90 Å². The van der Waals surface area contributed by atoms with Crippen molar-refractivity contribution >= 4 is 40.2 Å². The summed E-state index contributed by atoms with van der Waals surface area (Å²) >= 11 is 8.09. The zero-order valence-corrected chi connectivity index (χ0v) is 15.0. The van der Waals surface area contributed by atoms with Crippen LogP contribution in [-0.2, 0) is 11.3 Å². The number of hydrogen-bond acceptors (Lipinski definition) is 4. The fraction of sp³-hybridized carbons (Fsp3) is 0.412. The number of nitrogens with zero attached hydrogens (tertiary/aromatic N) is 3. The van der Waals surface area contributed by atoms with Gasteiger partial charge in [0.2, 0.25) is 5.91 Å². The molecule has 1 aliphatic rings. The predicted octanol–water partition coefficient (Wildman–Crippen LogP) is 3.27. The molecule has 6 heteroatoms. The van der Waals surface area contributed by atoms with Crippen LogP contribution in [0.3, 0.4) is 0 Å². The number of rotatable bonds is 3. The maximum absolute atomic E-state index is 11.4. The maximum atomic E-state index is 11.4. The van der Waals surface area contributed by atoms with E-state index in [1.165, 1.54) is 4.90 Å². The van der Waals surface area contributed by atoms with E-state index >= 15 is 0 Å². The molecule has 3 rings (SSSR count). The van der Waals surface area contributed by atoms with E-state index in [4.69, 9.17) is 11.6 Å². The zero-order chi connectivity index (χ0) is 16.4. The van der Waals surface area contributed by atoms with Gasteiger partial charge in [0.15, 0.2) is 0 Å². The van der Waals surface area contributed by atoms with E-state index < -0.39 is 0 Å². The van der Waals surface area contributed by atoms with Crippen LogP contribution in [-0.4, -0.2) is 53.1 Å². The molecule has 1 aromatic carbocycles. The van der Waals surface area contributed by atoms with Crippen LogP contribution >= 0.6 is 23.4 Å². The fourth-order valence-corrected chi connectivity index (χ4v) is 3.51. The second-order valence-electron chi connectivity index (χ2n) is 5.78.